The fourth-order valence-electron chi connectivity index (χ4n) is 3.87. The third-order valence-electron chi connectivity index (χ3n) is 5.75. The minimum absolute atomic E-state index is 0.219. The van der Waals surface area contributed by atoms with Crippen molar-refractivity contribution in [1.82, 2.24) is 24.1 Å². The summed E-state index contributed by atoms with van der Waals surface area (Å²) < 4.78 is 15.3. The number of ether oxygens (including phenoxy) is 2. The number of anilines is 1. The molecule has 0 radical (unpaired) electrons. The van der Waals surface area contributed by atoms with Gasteiger partial charge in [0.15, 0.2) is 17.1 Å². The maximum Gasteiger partial charge on any atom is 0.304 e. The molecule has 4 heterocycles. The van der Waals surface area contributed by atoms with Gasteiger partial charge in [0.25, 0.3) is 5.56 Å². The molecule has 4 aromatic heterocycles. The van der Waals surface area contributed by atoms with Crippen LogP contribution in [0.1, 0.15) is 36.8 Å². The number of hydrogen-bond acceptors (Lipinski definition) is 7. The number of imidazole rings is 1. The van der Waals surface area contributed by atoms with Gasteiger partial charge in [-0.3, -0.25) is 14.2 Å². The Morgan fingerprint density at radius 1 is 1.15 bits per heavy atom. The SMILES string of the molecule is CC(=O)Nc1cc(Oc2cnc3nc(Oc4cc(C5CC5)cn(C)c4=O)n(C)c3c2C)ccn1. The van der Waals surface area contributed by atoms with Crippen LogP contribution < -0.4 is 20.3 Å². The molecule has 0 aromatic carbocycles. The van der Waals surface area contributed by atoms with E-state index in [1.54, 1.807) is 47.8 Å². The highest BCUT2D eigenvalue weighted by molar-refractivity contribution is 5.87. The number of carbonyl (C=O) groups is 1. The first kappa shape index (κ1) is 21.6. The normalized spacial score (nSPS) is 13.2. The van der Waals surface area contributed by atoms with E-state index in [4.69, 9.17) is 9.47 Å². The molecule has 0 unspecified atom stereocenters. The lowest BCUT2D eigenvalue weighted by molar-refractivity contribution is -0.114. The Balaban J connectivity index is 1.47. The highest BCUT2D eigenvalue weighted by atomic mass is 16.5. The van der Waals surface area contributed by atoms with E-state index in [0.29, 0.717) is 28.9 Å². The second-order valence-corrected chi connectivity index (χ2v) is 8.46. The van der Waals surface area contributed by atoms with Gasteiger partial charge in [-0.1, -0.05) is 0 Å². The zero-order chi connectivity index (χ0) is 24.0. The molecule has 34 heavy (non-hydrogen) atoms. The smallest absolute Gasteiger partial charge is 0.304 e. The first-order chi connectivity index (χ1) is 16.3. The van der Waals surface area contributed by atoms with Gasteiger partial charge in [0.2, 0.25) is 5.91 Å². The number of fused-ring (bicyclic) bond motifs is 1. The molecule has 1 aliphatic rings. The van der Waals surface area contributed by atoms with Crippen molar-refractivity contribution in [1.29, 1.82) is 0 Å². The van der Waals surface area contributed by atoms with E-state index in [1.165, 1.54) is 6.92 Å². The van der Waals surface area contributed by atoms with E-state index < -0.39 is 0 Å². The van der Waals surface area contributed by atoms with Gasteiger partial charge in [0.05, 0.1) is 11.7 Å². The lowest BCUT2D eigenvalue weighted by Crippen LogP contribution is -2.18. The number of hydrogen-bond donors (Lipinski definition) is 1. The predicted molar refractivity (Wildman–Crippen MR) is 126 cm³/mol. The minimum Gasteiger partial charge on any atom is -0.455 e. The van der Waals surface area contributed by atoms with Crippen LogP contribution in [0.15, 0.2) is 41.6 Å². The van der Waals surface area contributed by atoms with E-state index >= 15 is 0 Å². The van der Waals surface area contributed by atoms with Crippen LogP contribution in [0.3, 0.4) is 0 Å². The lowest BCUT2D eigenvalue weighted by atomic mass is 10.2. The second-order valence-electron chi connectivity index (χ2n) is 8.46. The van der Waals surface area contributed by atoms with Gasteiger partial charge in [-0.05, 0) is 43.4 Å². The Hall–Kier alpha value is -4.21. The highest BCUT2D eigenvalue weighted by Gasteiger charge is 2.26. The number of aryl methyl sites for hydroxylation is 3. The van der Waals surface area contributed by atoms with Crippen molar-refractivity contribution in [3.05, 3.63) is 58.3 Å². The molecular weight excluding hydrogens is 436 g/mol. The monoisotopic (exact) mass is 460 g/mol. The van der Waals surface area contributed by atoms with Crippen molar-refractivity contribution in [3.63, 3.8) is 0 Å². The molecule has 1 amide bonds. The van der Waals surface area contributed by atoms with Gasteiger partial charge < -0.3 is 19.4 Å². The molecule has 0 aliphatic heterocycles. The van der Waals surface area contributed by atoms with E-state index in [9.17, 15) is 9.59 Å². The number of nitrogens with one attached hydrogen (secondary N) is 1. The molecule has 174 valence electrons. The average molecular weight is 460 g/mol. The Bertz CT molecular complexity index is 1490. The van der Waals surface area contributed by atoms with Crippen LogP contribution in [0.2, 0.25) is 0 Å². The first-order valence-electron chi connectivity index (χ1n) is 10.9. The summed E-state index contributed by atoms with van der Waals surface area (Å²) in [5.74, 6) is 1.92. The maximum atomic E-state index is 12.6. The van der Waals surface area contributed by atoms with Gasteiger partial charge >= 0.3 is 6.01 Å². The summed E-state index contributed by atoms with van der Waals surface area (Å²) in [6.45, 7) is 3.31. The number of amides is 1. The molecule has 0 saturated heterocycles. The fourth-order valence-corrected chi connectivity index (χ4v) is 3.87. The van der Waals surface area contributed by atoms with Gasteiger partial charge in [-0.2, -0.15) is 4.98 Å². The van der Waals surface area contributed by atoms with Gasteiger partial charge in [0, 0.05) is 45.0 Å². The molecular formula is C24H24N6O4. The third kappa shape index (κ3) is 4.09. The van der Waals surface area contributed by atoms with Crippen molar-refractivity contribution >= 4 is 22.9 Å². The van der Waals surface area contributed by atoms with Crippen LogP contribution in [0.5, 0.6) is 23.3 Å². The van der Waals surface area contributed by atoms with E-state index in [1.807, 2.05) is 19.2 Å². The van der Waals surface area contributed by atoms with Crippen LogP contribution in [-0.2, 0) is 18.9 Å². The minimum atomic E-state index is -0.224. The largest absolute Gasteiger partial charge is 0.455 e. The molecule has 0 bridgehead atoms. The molecule has 1 saturated carbocycles. The van der Waals surface area contributed by atoms with Gasteiger partial charge in [0.1, 0.15) is 11.6 Å². The number of nitrogens with zero attached hydrogens (tertiary/aromatic N) is 5. The number of carbonyl (C=O) groups excluding carboxylic acids is 1. The molecule has 1 aliphatic carbocycles. The van der Waals surface area contributed by atoms with Crippen molar-refractivity contribution in [3.8, 4) is 23.3 Å². The zero-order valence-electron chi connectivity index (χ0n) is 19.3. The second kappa shape index (κ2) is 8.29. The standard InChI is InChI=1S/C24H24N6O4/c1-13-19(33-17-7-8-25-20(10-17)27-14(2)31)11-26-22-21(13)30(4)24(28-22)34-18-9-16(15-5-6-15)12-29(3)23(18)32/h7-12,15H,5-6H2,1-4H3,(H,25,27,31). The molecule has 1 N–H and O–H groups in total. The maximum absolute atomic E-state index is 12.6. The van der Waals surface area contributed by atoms with Crippen LogP contribution in [0.4, 0.5) is 5.82 Å². The molecule has 5 rings (SSSR count). The summed E-state index contributed by atoms with van der Waals surface area (Å²) >= 11 is 0. The summed E-state index contributed by atoms with van der Waals surface area (Å²) in [6, 6.07) is 5.40. The van der Waals surface area contributed by atoms with E-state index in [2.05, 4.69) is 20.3 Å². The lowest BCUT2D eigenvalue weighted by Gasteiger charge is -2.11. The third-order valence-corrected chi connectivity index (χ3v) is 5.75. The number of rotatable bonds is 6. The van der Waals surface area contributed by atoms with Crippen molar-refractivity contribution in [2.75, 3.05) is 5.32 Å². The van der Waals surface area contributed by atoms with E-state index in [-0.39, 0.29) is 23.2 Å². The quantitative estimate of drug-likeness (QED) is 0.466. The van der Waals surface area contributed by atoms with Crippen molar-refractivity contribution in [2.45, 2.75) is 32.6 Å². The molecule has 10 heteroatoms. The van der Waals surface area contributed by atoms with Crippen LogP contribution in [0, 0.1) is 6.92 Å². The number of aromatic nitrogens is 5. The number of pyridine rings is 3. The molecule has 1 fully saturated rings. The molecule has 4 aromatic rings. The summed E-state index contributed by atoms with van der Waals surface area (Å²) in [5.41, 5.74) is 2.87. The van der Waals surface area contributed by atoms with Crippen LogP contribution in [-0.4, -0.2) is 30.0 Å². The Labute approximate surface area is 195 Å². The molecule has 10 nitrogen and oxygen atoms in total. The summed E-state index contributed by atoms with van der Waals surface area (Å²) in [6.07, 6.45) is 7.25. The van der Waals surface area contributed by atoms with Crippen molar-refractivity contribution < 1.29 is 14.3 Å². The first-order valence-corrected chi connectivity index (χ1v) is 10.9. The van der Waals surface area contributed by atoms with Crippen LogP contribution >= 0.6 is 0 Å². The Kier molecular flexibility index (Phi) is 5.27. The summed E-state index contributed by atoms with van der Waals surface area (Å²) in [4.78, 5) is 37.0. The van der Waals surface area contributed by atoms with Crippen LogP contribution in [0.25, 0.3) is 11.2 Å². The zero-order valence-corrected chi connectivity index (χ0v) is 19.3. The Morgan fingerprint density at radius 2 is 1.94 bits per heavy atom. The Morgan fingerprint density at radius 3 is 2.68 bits per heavy atom. The topological polar surface area (TPSA) is 113 Å². The summed E-state index contributed by atoms with van der Waals surface area (Å²) in [5, 5.41) is 2.63. The van der Waals surface area contributed by atoms with Crippen molar-refractivity contribution in [2.24, 2.45) is 14.1 Å². The molecule has 0 atom stereocenters. The van der Waals surface area contributed by atoms with Gasteiger partial charge in [-0.15, -0.1) is 0 Å². The van der Waals surface area contributed by atoms with E-state index in [0.717, 1.165) is 29.5 Å². The summed E-state index contributed by atoms with van der Waals surface area (Å²) in [7, 11) is 3.53. The predicted octanol–water partition coefficient (Wildman–Crippen LogP) is 3.79. The molecule has 0 spiro atoms. The highest BCUT2D eigenvalue weighted by Crippen LogP contribution is 2.40. The fraction of sp³-hybridized carbons (Fsp3) is 0.292. The average Bonchev–Trinajstić information content (AvgIpc) is 3.58. The van der Waals surface area contributed by atoms with Gasteiger partial charge in [-0.25, -0.2) is 9.97 Å².